The van der Waals surface area contributed by atoms with Crippen molar-refractivity contribution in [2.45, 2.75) is 6.54 Å². The number of hydrogen-bond acceptors (Lipinski definition) is 4. The quantitative estimate of drug-likeness (QED) is 0.568. The molecule has 0 aliphatic heterocycles. The van der Waals surface area contributed by atoms with E-state index in [2.05, 4.69) is 15.3 Å². The molecular formula is C14H11ClN4O2. The number of imidazole rings is 1. The minimum absolute atomic E-state index is 0.0807. The van der Waals surface area contributed by atoms with Crippen molar-refractivity contribution >= 4 is 34.3 Å². The second-order valence-corrected chi connectivity index (χ2v) is 4.96. The number of hydrogen-bond donors (Lipinski definition) is 2. The molecule has 0 spiro atoms. The third-order valence-electron chi connectivity index (χ3n) is 3.05. The molecule has 0 amide bonds. The summed E-state index contributed by atoms with van der Waals surface area (Å²) in [5, 5.41) is 14.4. The summed E-state index contributed by atoms with van der Waals surface area (Å²) in [5.41, 5.74) is 2.69. The van der Waals surface area contributed by atoms with Gasteiger partial charge in [-0.1, -0.05) is 23.7 Å². The summed E-state index contributed by atoms with van der Waals surface area (Å²) in [4.78, 5) is 17.7. The summed E-state index contributed by atoms with van der Waals surface area (Å²) in [6.45, 7) is 0.519. The number of aromatic amines is 1. The highest BCUT2D eigenvalue weighted by atomic mass is 35.5. The van der Waals surface area contributed by atoms with E-state index >= 15 is 0 Å². The third-order valence-corrected chi connectivity index (χ3v) is 3.29. The van der Waals surface area contributed by atoms with Crippen LogP contribution in [-0.2, 0) is 6.54 Å². The molecule has 2 aromatic carbocycles. The molecule has 2 N–H and O–H groups in total. The van der Waals surface area contributed by atoms with Crippen molar-refractivity contribution in [3.8, 4) is 0 Å². The summed E-state index contributed by atoms with van der Waals surface area (Å²) < 4.78 is 0. The smallest absolute Gasteiger partial charge is 0.269 e. The van der Waals surface area contributed by atoms with Gasteiger partial charge in [0, 0.05) is 23.7 Å². The number of anilines is 1. The lowest BCUT2D eigenvalue weighted by molar-refractivity contribution is -0.384. The molecule has 0 saturated carbocycles. The first kappa shape index (κ1) is 13.4. The van der Waals surface area contributed by atoms with Crippen molar-refractivity contribution in [2.75, 3.05) is 5.32 Å². The van der Waals surface area contributed by atoms with Crippen LogP contribution in [0.2, 0.25) is 5.02 Å². The number of rotatable bonds is 4. The molecule has 0 aliphatic carbocycles. The Hall–Kier alpha value is -2.60. The number of benzene rings is 2. The molecule has 7 heteroatoms. The fraction of sp³-hybridized carbons (Fsp3) is 0.0714. The maximum Gasteiger partial charge on any atom is 0.269 e. The van der Waals surface area contributed by atoms with Crippen molar-refractivity contribution in [2.24, 2.45) is 0 Å². The molecule has 0 fully saturated rings. The molecular weight excluding hydrogens is 292 g/mol. The van der Waals surface area contributed by atoms with E-state index in [9.17, 15) is 10.1 Å². The van der Waals surface area contributed by atoms with Crippen LogP contribution >= 0.6 is 11.6 Å². The lowest BCUT2D eigenvalue weighted by Gasteiger charge is -2.02. The van der Waals surface area contributed by atoms with Gasteiger partial charge in [0.2, 0.25) is 5.95 Å². The highest BCUT2D eigenvalue weighted by molar-refractivity contribution is 6.31. The van der Waals surface area contributed by atoms with Gasteiger partial charge in [-0.3, -0.25) is 10.1 Å². The van der Waals surface area contributed by atoms with E-state index < -0.39 is 4.92 Å². The van der Waals surface area contributed by atoms with Crippen LogP contribution in [0.15, 0.2) is 42.5 Å². The molecule has 0 aliphatic rings. The molecule has 3 aromatic rings. The fourth-order valence-electron chi connectivity index (χ4n) is 1.99. The van der Waals surface area contributed by atoms with Crippen LogP contribution in [0.1, 0.15) is 5.56 Å². The first-order valence-electron chi connectivity index (χ1n) is 6.24. The Morgan fingerprint density at radius 2 is 2.00 bits per heavy atom. The van der Waals surface area contributed by atoms with Crippen molar-refractivity contribution in [3.05, 3.63) is 63.2 Å². The largest absolute Gasteiger partial charge is 0.352 e. The summed E-state index contributed by atoms with van der Waals surface area (Å²) in [6, 6.07) is 11.8. The van der Waals surface area contributed by atoms with Crippen molar-refractivity contribution < 1.29 is 4.92 Å². The average Bonchev–Trinajstić information content (AvgIpc) is 2.87. The van der Waals surface area contributed by atoms with Crippen LogP contribution in [0.4, 0.5) is 11.6 Å². The van der Waals surface area contributed by atoms with Crippen LogP contribution < -0.4 is 5.32 Å². The second-order valence-electron chi connectivity index (χ2n) is 4.52. The number of non-ortho nitro benzene ring substituents is 1. The number of aromatic nitrogens is 2. The van der Waals surface area contributed by atoms with Gasteiger partial charge < -0.3 is 10.3 Å². The number of nitro groups is 1. The van der Waals surface area contributed by atoms with Gasteiger partial charge >= 0.3 is 0 Å². The lowest BCUT2D eigenvalue weighted by atomic mass is 10.2. The van der Waals surface area contributed by atoms with Gasteiger partial charge in [-0.25, -0.2) is 4.98 Å². The minimum Gasteiger partial charge on any atom is -0.352 e. The van der Waals surface area contributed by atoms with E-state index in [1.54, 1.807) is 24.3 Å². The number of H-pyrrole nitrogens is 1. The van der Waals surface area contributed by atoms with Crippen molar-refractivity contribution in [3.63, 3.8) is 0 Å². The van der Waals surface area contributed by atoms with E-state index in [4.69, 9.17) is 11.6 Å². The Kier molecular flexibility index (Phi) is 3.45. The van der Waals surface area contributed by atoms with Gasteiger partial charge in [0.15, 0.2) is 0 Å². The molecule has 0 bridgehead atoms. The van der Waals surface area contributed by atoms with Crippen molar-refractivity contribution in [1.82, 2.24) is 9.97 Å². The first-order chi connectivity index (χ1) is 10.1. The van der Waals surface area contributed by atoms with Crippen molar-refractivity contribution in [1.29, 1.82) is 0 Å². The average molecular weight is 303 g/mol. The summed E-state index contributed by atoms with van der Waals surface area (Å²) in [6.07, 6.45) is 0. The maximum atomic E-state index is 10.6. The van der Waals surface area contributed by atoms with Gasteiger partial charge in [-0.05, 0) is 23.8 Å². The topological polar surface area (TPSA) is 83.8 Å². The zero-order chi connectivity index (χ0) is 14.8. The second kappa shape index (κ2) is 5.41. The number of fused-ring (bicyclic) bond motifs is 1. The van der Waals surface area contributed by atoms with Crippen LogP contribution in [0.25, 0.3) is 11.0 Å². The molecule has 106 valence electrons. The molecule has 3 rings (SSSR count). The molecule has 0 atom stereocenters. The molecule has 21 heavy (non-hydrogen) atoms. The zero-order valence-electron chi connectivity index (χ0n) is 10.8. The predicted molar refractivity (Wildman–Crippen MR) is 81.5 cm³/mol. The Bertz CT molecular complexity index is 798. The third kappa shape index (κ3) is 2.95. The SMILES string of the molecule is O=[N+]([O-])c1ccc(CNc2nc3ccc(Cl)cc3[nH]2)cc1. The van der Waals surface area contributed by atoms with E-state index in [-0.39, 0.29) is 5.69 Å². The Morgan fingerprint density at radius 3 is 2.71 bits per heavy atom. The molecule has 1 heterocycles. The highest BCUT2D eigenvalue weighted by Gasteiger charge is 2.05. The number of nitro benzene ring substituents is 1. The van der Waals surface area contributed by atoms with E-state index in [0.717, 1.165) is 16.6 Å². The first-order valence-corrected chi connectivity index (χ1v) is 6.62. The fourth-order valence-corrected chi connectivity index (χ4v) is 2.16. The van der Waals surface area contributed by atoms with Crippen LogP contribution in [-0.4, -0.2) is 14.9 Å². The minimum atomic E-state index is -0.416. The molecule has 0 radical (unpaired) electrons. The number of halogens is 1. The maximum absolute atomic E-state index is 10.6. The highest BCUT2D eigenvalue weighted by Crippen LogP contribution is 2.19. The summed E-state index contributed by atoms with van der Waals surface area (Å²) in [7, 11) is 0. The monoisotopic (exact) mass is 302 g/mol. The number of nitrogens with zero attached hydrogens (tertiary/aromatic N) is 2. The van der Waals surface area contributed by atoms with Gasteiger partial charge in [0.05, 0.1) is 16.0 Å². The predicted octanol–water partition coefficient (Wildman–Crippen LogP) is 3.74. The molecule has 1 aromatic heterocycles. The van der Waals surface area contributed by atoms with Gasteiger partial charge in [-0.15, -0.1) is 0 Å². The van der Waals surface area contributed by atoms with E-state index in [0.29, 0.717) is 17.5 Å². The van der Waals surface area contributed by atoms with E-state index in [1.165, 1.54) is 12.1 Å². The lowest BCUT2D eigenvalue weighted by Crippen LogP contribution is -2.00. The normalized spacial score (nSPS) is 10.7. The molecule has 0 unspecified atom stereocenters. The summed E-state index contributed by atoms with van der Waals surface area (Å²) in [5.74, 6) is 0.630. The van der Waals surface area contributed by atoms with Gasteiger partial charge in [0.25, 0.3) is 5.69 Å². The Labute approximate surface area is 124 Å². The van der Waals surface area contributed by atoms with Crippen LogP contribution in [0.5, 0.6) is 0 Å². The van der Waals surface area contributed by atoms with E-state index in [1.807, 2.05) is 6.07 Å². The van der Waals surface area contributed by atoms with Gasteiger partial charge in [-0.2, -0.15) is 0 Å². The Morgan fingerprint density at radius 1 is 1.24 bits per heavy atom. The van der Waals surface area contributed by atoms with Crippen LogP contribution in [0.3, 0.4) is 0 Å². The number of nitrogens with one attached hydrogen (secondary N) is 2. The van der Waals surface area contributed by atoms with Crippen LogP contribution in [0, 0.1) is 10.1 Å². The van der Waals surface area contributed by atoms with Gasteiger partial charge in [0.1, 0.15) is 0 Å². The summed E-state index contributed by atoms with van der Waals surface area (Å²) >= 11 is 5.92. The molecule has 0 saturated heterocycles. The standard InChI is InChI=1S/C14H11ClN4O2/c15-10-3-6-12-13(7-10)18-14(17-12)16-8-9-1-4-11(5-2-9)19(20)21/h1-7H,8H2,(H2,16,17,18). The molecule has 6 nitrogen and oxygen atoms in total. The Balaban J connectivity index is 1.72. The zero-order valence-corrected chi connectivity index (χ0v) is 11.6.